The molecule has 7 heteroatoms. The Kier molecular flexibility index (Phi) is 2.86. The Morgan fingerprint density at radius 1 is 1.69 bits per heavy atom. The van der Waals surface area contributed by atoms with E-state index in [1.165, 1.54) is 16.3 Å². The maximum absolute atomic E-state index is 11.6. The molecule has 2 heterocycles. The summed E-state index contributed by atoms with van der Waals surface area (Å²) < 4.78 is 6.05. The first kappa shape index (κ1) is 11.0. The number of fused-ring (bicyclic) bond motifs is 1. The van der Waals surface area contributed by atoms with Crippen LogP contribution in [0.15, 0.2) is 9.95 Å². The highest BCUT2D eigenvalue weighted by atomic mass is 32.2. The number of hydrogen-bond acceptors (Lipinski definition) is 6. The normalized spacial score (nSPS) is 13.6. The van der Waals surface area contributed by atoms with Crippen LogP contribution in [0.5, 0.6) is 5.75 Å². The van der Waals surface area contributed by atoms with Crippen molar-refractivity contribution in [1.29, 1.82) is 0 Å². The lowest BCUT2D eigenvalue weighted by Gasteiger charge is -2.06. The first-order valence-corrected chi connectivity index (χ1v) is 5.77. The van der Waals surface area contributed by atoms with E-state index in [1.54, 1.807) is 6.92 Å². The average Bonchev–Trinajstić information content (AvgIpc) is 2.71. The fourth-order valence-electron chi connectivity index (χ4n) is 1.40. The Bertz CT molecular complexity index is 497. The lowest BCUT2D eigenvalue weighted by Crippen LogP contribution is -2.23. The van der Waals surface area contributed by atoms with Crippen LogP contribution in [0, 0.1) is 0 Å². The van der Waals surface area contributed by atoms with Crippen molar-refractivity contribution < 1.29 is 14.6 Å². The Labute approximate surface area is 95.3 Å². The molecule has 0 spiro atoms. The van der Waals surface area contributed by atoms with Gasteiger partial charge in [0.05, 0.1) is 6.61 Å². The van der Waals surface area contributed by atoms with Crippen LogP contribution < -0.4 is 5.56 Å². The van der Waals surface area contributed by atoms with Gasteiger partial charge in [-0.1, -0.05) is 11.8 Å². The highest BCUT2D eigenvalue weighted by molar-refractivity contribution is 7.99. The lowest BCUT2D eigenvalue weighted by atomic mass is 10.3. The third-order valence-corrected chi connectivity index (χ3v) is 3.08. The minimum Gasteiger partial charge on any atom is -0.501 e. The Balaban J connectivity index is 2.52. The fourth-order valence-corrected chi connectivity index (χ4v) is 2.34. The summed E-state index contributed by atoms with van der Waals surface area (Å²) in [6.45, 7) is 2.32. The van der Waals surface area contributed by atoms with Gasteiger partial charge in [-0.05, 0) is 6.92 Å². The van der Waals surface area contributed by atoms with Crippen molar-refractivity contribution in [2.45, 2.75) is 18.6 Å². The summed E-state index contributed by atoms with van der Waals surface area (Å²) in [5.41, 5.74) is -0.884. The molecule has 0 radical (unpaired) electrons. The van der Waals surface area contributed by atoms with Crippen molar-refractivity contribution in [1.82, 2.24) is 9.55 Å². The molecule has 86 valence electrons. The van der Waals surface area contributed by atoms with Gasteiger partial charge in [-0.15, -0.1) is 0 Å². The number of carbonyl (C=O) groups is 1. The summed E-state index contributed by atoms with van der Waals surface area (Å²) in [5, 5.41) is 10.0. The molecule has 0 fully saturated rings. The van der Waals surface area contributed by atoms with Gasteiger partial charge in [-0.3, -0.25) is 9.36 Å². The molecule has 0 amide bonds. The summed E-state index contributed by atoms with van der Waals surface area (Å²) >= 11 is 1.37. The van der Waals surface area contributed by atoms with Crippen molar-refractivity contribution in [2.75, 3.05) is 12.4 Å². The molecule has 1 aromatic rings. The number of aromatic nitrogens is 2. The topological polar surface area (TPSA) is 81.4 Å². The highest BCUT2D eigenvalue weighted by Crippen LogP contribution is 2.24. The van der Waals surface area contributed by atoms with Crippen LogP contribution in [0.4, 0.5) is 0 Å². The minimum atomic E-state index is -0.770. The molecular weight excluding hydrogens is 232 g/mol. The van der Waals surface area contributed by atoms with E-state index in [9.17, 15) is 14.7 Å². The van der Waals surface area contributed by atoms with Crippen LogP contribution in [0.25, 0.3) is 0 Å². The number of nitrogens with zero attached hydrogens (tertiary/aromatic N) is 2. The van der Waals surface area contributed by atoms with Gasteiger partial charge in [-0.25, -0.2) is 9.78 Å². The Morgan fingerprint density at radius 2 is 2.44 bits per heavy atom. The molecule has 1 aromatic heterocycles. The molecule has 0 aliphatic carbocycles. The molecule has 1 N–H and O–H groups in total. The van der Waals surface area contributed by atoms with Crippen LogP contribution in [0.2, 0.25) is 0 Å². The number of carbonyl (C=O) groups excluding carboxylic acids is 1. The summed E-state index contributed by atoms with van der Waals surface area (Å²) in [6, 6.07) is 0. The zero-order valence-corrected chi connectivity index (χ0v) is 9.41. The third-order valence-electron chi connectivity index (χ3n) is 2.13. The SMILES string of the molecule is CCOC(=O)c1nc2n(c(=O)c1O)CCS2. The van der Waals surface area contributed by atoms with Gasteiger partial charge in [0, 0.05) is 12.3 Å². The molecule has 1 aliphatic heterocycles. The van der Waals surface area contributed by atoms with Crippen LogP contribution in [0.1, 0.15) is 17.4 Å². The van der Waals surface area contributed by atoms with E-state index in [2.05, 4.69) is 4.98 Å². The molecule has 0 atom stereocenters. The van der Waals surface area contributed by atoms with Crippen molar-refractivity contribution in [3.63, 3.8) is 0 Å². The first-order chi connectivity index (χ1) is 7.65. The minimum absolute atomic E-state index is 0.172. The lowest BCUT2D eigenvalue weighted by molar-refractivity contribution is 0.0513. The van der Waals surface area contributed by atoms with Crippen LogP contribution >= 0.6 is 11.8 Å². The quantitative estimate of drug-likeness (QED) is 0.590. The van der Waals surface area contributed by atoms with E-state index < -0.39 is 17.3 Å². The molecule has 0 unspecified atom stereocenters. The zero-order chi connectivity index (χ0) is 11.7. The molecule has 2 rings (SSSR count). The van der Waals surface area contributed by atoms with E-state index in [4.69, 9.17) is 4.74 Å². The molecule has 0 saturated carbocycles. The summed E-state index contributed by atoms with van der Waals surface area (Å²) in [7, 11) is 0. The Morgan fingerprint density at radius 3 is 3.12 bits per heavy atom. The summed E-state index contributed by atoms with van der Waals surface area (Å²) in [6.07, 6.45) is 0. The highest BCUT2D eigenvalue weighted by Gasteiger charge is 2.24. The summed E-state index contributed by atoms with van der Waals surface area (Å²) in [4.78, 5) is 27.0. The van der Waals surface area contributed by atoms with Crippen molar-refractivity contribution in [3.05, 3.63) is 16.0 Å². The molecule has 0 bridgehead atoms. The smallest absolute Gasteiger partial charge is 0.361 e. The summed E-state index contributed by atoms with van der Waals surface area (Å²) in [5.74, 6) is -0.689. The predicted molar refractivity (Wildman–Crippen MR) is 56.8 cm³/mol. The van der Waals surface area contributed by atoms with E-state index in [0.717, 1.165) is 0 Å². The van der Waals surface area contributed by atoms with Crippen molar-refractivity contribution in [3.8, 4) is 5.75 Å². The second-order valence-corrected chi connectivity index (χ2v) is 4.18. The maximum atomic E-state index is 11.6. The van der Waals surface area contributed by atoms with Crippen LogP contribution in [0.3, 0.4) is 0 Å². The van der Waals surface area contributed by atoms with Gasteiger partial charge < -0.3 is 9.84 Å². The predicted octanol–water partition coefficient (Wildman–Crippen LogP) is 0.231. The molecule has 0 aromatic carbocycles. The van der Waals surface area contributed by atoms with Gasteiger partial charge in [0.1, 0.15) is 0 Å². The molecule has 0 saturated heterocycles. The second kappa shape index (κ2) is 4.17. The van der Waals surface area contributed by atoms with E-state index >= 15 is 0 Å². The largest absolute Gasteiger partial charge is 0.501 e. The number of ether oxygens (including phenoxy) is 1. The molecule has 6 nitrogen and oxygen atoms in total. The second-order valence-electron chi connectivity index (χ2n) is 3.12. The number of rotatable bonds is 2. The molecule has 1 aliphatic rings. The molecule has 16 heavy (non-hydrogen) atoms. The molecular formula is C9H10N2O4S. The third kappa shape index (κ3) is 1.67. The van der Waals surface area contributed by atoms with Gasteiger partial charge >= 0.3 is 5.97 Å². The Hall–Kier alpha value is -1.50. The van der Waals surface area contributed by atoms with Gasteiger partial charge in [-0.2, -0.15) is 0 Å². The first-order valence-electron chi connectivity index (χ1n) is 4.79. The van der Waals surface area contributed by atoms with Crippen LogP contribution in [-0.2, 0) is 11.3 Å². The van der Waals surface area contributed by atoms with Crippen molar-refractivity contribution >= 4 is 17.7 Å². The van der Waals surface area contributed by atoms with Gasteiger partial charge in [0.15, 0.2) is 10.9 Å². The number of esters is 1. The number of aromatic hydroxyl groups is 1. The number of hydrogen-bond donors (Lipinski definition) is 1. The fraction of sp³-hybridized carbons (Fsp3) is 0.444. The van der Waals surface area contributed by atoms with Gasteiger partial charge in [0.25, 0.3) is 5.56 Å². The van der Waals surface area contributed by atoms with Crippen molar-refractivity contribution in [2.24, 2.45) is 0 Å². The van der Waals surface area contributed by atoms with Crippen LogP contribution in [-0.4, -0.2) is 33.0 Å². The average molecular weight is 242 g/mol. The monoisotopic (exact) mass is 242 g/mol. The van der Waals surface area contributed by atoms with Gasteiger partial charge in [0.2, 0.25) is 5.75 Å². The standard InChI is InChI=1S/C9H10N2O4S/c1-2-15-8(14)5-6(12)7(13)11-3-4-16-9(11)10-5/h12H,2-4H2,1H3. The maximum Gasteiger partial charge on any atom is 0.361 e. The number of thioether (sulfide) groups is 1. The zero-order valence-electron chi connectivity index (χ0n) is 8.60. The van der Waals surface area contributed by atoms with E-state index in [0.29, 0.717) is 17.5 Å². The van der Waals surface area contributed by atoms with E-state index in [1.807, 2.05) is 0 Å². The van der Waals surface area contributed by atoms with E-state index in [-0.39, 0.29) is 12.3 Å².